The Bertz CT molecular complexity index is 71.1. The molecular weight excluding hydrogens is 122 g/mol. The molecule has 62 valence electrons. The van der Waals surface area contributed by atoms with Gasteiger partial charge in [0, 0.05) is 0 Å². The topological polar surface area (TPSA) is 12.0 Å². The zero-order valence-electron chi connectivity index (χ0n) is 7.78. The van der Waals surface area contributed by atoms with Crippen molar-refractivity contribution in [3.8, 4) is 0 Å². The third kappa shape index (κ3) is 2.70. The fraction of sp³-hybridized carbons (Fsp3) is 1.00. The maximum Gasteiger partial charge on any atom is -0.00175 e. The molecule has 0 aliphatic carbocycles. The zero-order valence-corrected chi connectivity index (χ0v) is 7.78. The lowest BCUT2D eigenvalue weighted by molar-refractivity contribution is 0.440. The van der Waals surface area contributed by atoms with Crippen LogP contribution in [0.2, 0.25) is 0 Å². The summed E-state index contributed by atoms with van der Waals surface area (Å²) in [5.74, 6) is 1.87. The summed E-state index contributed by atoms with van der Waals surface area (Å²) in [5, 5.41) is 3.37. The monoisotopic (exact) mass is 143 g/mol. The molecule has 0 amide bonds. The van der Waals surface area contributed by atoms with Gasteiger partial charge in [-0.3, -0.25) is 0 Å². The summed E-state index contributed by atoms with van der Waals surface area (Å²) in [6, 6.07) is 0. The highest BCUT2D eigenvalue weighted by atomic mass is 14.9. The lowest BCUT2D eigenvalue weighted by atomic mass is 9.96. The molecule has 1 nitrogen and oxygen atoms in total. The highest BCUT2D eigenvalue weighted by molar-refractivity contribution is 4.76. The van der Waals surface area contributed by atoms with Gasteiger partial charge in [-0.1, -0.05) is 34.1 Å². The van der Waals surface area contributed by atoms with Crippen LogP contribution in [0.15, 0.2) is 0 Å². The van der Waals surface area contributed by atoms with E-state index in [1.807, 2.05) is 13.8 Å². The van der Waals surface area contributed by atoms with Crippen molar-refractivity contribution in [2.75, 3.05) is 13.1 Å². The van der Waals surface area contributed by atoms with E-state index in [0.717, 1.165) is 11.8 Å². The van der Waals surface area contributed by atoms with E-state index >= 15 is 0 Å². The van der Waals surface area contributed by atoms with Gasteiger partial charge < -0.3 is 5.32 Å². The van der Waals surface area contributed by atoms with Gasteiger partial charge >= 0.3 is 0 Å². The third-order valence-electron chi connectivity index (χ3n) is 2.20. The largest absolute Gasteiger partial charge is 0.316 e. The van der Waals surface area contributed by atoms with Gasteiger partial charge in [-0.15, -0.1) is 0 Å². The first kappa shape index (κ1) is 9.96. The highest BCUT2D eigenvalue weighted by Crippen LogP contribution is 2.17. The van der Waals surface area contributed by atoms with Gasteiger partial charge in [0.15, 0.2) is 0 Å². The van der Waals surface area contributed by atoms with Crippen molar-refractivity contribution in [1.82, 2.24) is 5.32 Å². The van der Waals surface area contributed by atoms with Crippen LogP contribution in [0.4, 0.5) is 0 Å². The maximum absolute atomic E-state index is 3.37. The van der Waals surface area contributed by atoms with E-state index in [0.29, 0.717) is 0 Å². The fourth-order valence-corrected chi connectivity index (χ4v) is 1.41. The van der Waals surface area contributed by atoms with E-state index < -0.39 is 0 Å². The highest BCUT2D eigenvalue weighted by Gasteiger charge is 2.20. The smallest absolute Gasteiger partial charge is 0.00175 e. The van der Waals surface area contributed by atoms with Crippen LogP contribution in [-0.2, 0) is 0 Å². The van der Waals surface area contributed by atoms with Crippen LogP contribution in [0.25, 0.3) is 0 Å². The summed E-state index contributed by atoms with van der Waals surface area (Å²) < 4.78 is 0. The molecule has 1 rings (SSSR count). The Hall–Kier alpha value is -0.0400. The average Bonchev–Trinajstić information content (AvgIpc) is 2.39. The van der Waals surface area contributed by atoms with Crippen molar-refractivity contribution in [2.24, 2.45) is 11.8 Å². The summed E-state index contributed by atoms with van der Waals surface area (Å²) in [6.45, 7) is 11.1. The van der Waals surface area contributed by atoms with Crippen LogP contribution in [0.5, 0.6) is 0 Å². The minimum absolute atomic E-state index is 0.917. The zero-order chi connectivity index (χ0) is 7.98. The quantitative estimate of drug-likeness (QED) is 0.594. The normalized spacial score (nSPS) is 31.2. The Morgan fingerprint density at radius 1 is 1.30 bits per heavy atom. The van der Waals surface area contributed by atoms with Crippen molar-refractivity contribution < 1.29 is 0 Å². The molecule has 0 spiro atoms. The summed E-state index contributed by atoms with van der Waals surface area (Å²) >= 11 is 0. The van der Waals surface area contributed by atoms with Gasteiger partial charge in [0.05, 0.1) is 0 Å². The van der Waals surface area contributed by atoms with Gasteiger partial charge in [0.2, 0.25) is 0 Å². The van der Waals surface area contributed by atoms with Crippen molar-refractivity contribution >= 4 is 0 Å². The maximum atomic E-state index is 3.37. The molecule has 0 aromatic heterocycles. The van der Waals surface area contributed by atoms with Gasteiger partial charge in [-0.25, -0.2) is 0 Å². The van der Waals surface area contributed by atoms with Crippen molar-refractivity contribution in [3.63, 3.8) is 0 Å². The van der Waals surface area contributed by atoms with Crippen molar-refractivity contribution in [3.05, 3.63) is 0 Å². The Balaban J connectivity index is 0.000000371. The minimum Gasteiger partial charge on any atom is -0.316 e. The summed E-state index contributed by atoms with van der Waals surface area (Å²) in [6.07, 6.45) is 1.34. The summed E-state index contributed by atoms with van der Waals surface area (Å²) in [7, 11) is 0. The van der Waals surface area contributed by atoms with E-state index in [1.54, 1.807) is 0 Å². The minimum atomic E-state index is 0.917. The molecule has 2 unspecified atom stereocenters. The SMILES string of the molecule is CC.CCC1CNCC1C. The molecule has 10 heavy (non-hydrogen) atoms. The van der Waals surface area contributed by atoms with Crippen molar-refractivity contribution in [1.29, 1.82) is 0 Å². The molecular formula is C9H21N. The number of hydrogen-bond donors (Lipinski definition) is 1. The first-order chi connectivity index (χ1) is 4.84. The molecule has 0 aromatic carbocycles. The molecule has 1 aliphatic rings. The lowest BCUT2D eigenvalue weighted by Gasteiger charge is -2.08. The third-order valence-corrected chi connectivity index (χ3v) is 2.20. The predicted octanol–water partition coefficient (Wildman–Crippen LogP) is 2.28. The van der Waals surface area contributed by atoms with Gasteiger partial charge in [-0.05, 0) is 24.9 Å². The fourth-order valence-electron chi connectivity index (χ4n) is 1.41. The molecule has 1 heteroatoms. The second-order valence-electron chi connectivity index (χ2n) is 2.80. The predicted molar refractivity (Wildman–Crippen MR) is 47.2 cm³/mol. The van der Waals surface area contributed by atoms with Crippen LogP contribution < -0.4 is 5.32 Å². The first-order valence-corrected chi connectivity index (χ1v) is 4.55. The molecule has 1 N–H and O–H groups in total. The molecule has 1 saturated heterocycles. The first-order valence-electron chi connectivity index (χ1n) is 4.55. The van der Waals surface area contributed by atoms with E-state index in [4.69, 9.17) is 0 Å². The van der Waals surface area contributed by atoms with Crippen LogP contribution in [0.1, 0.15) is 34.1 Å². The molecule has 1 fully saturated rings. The van der Waals surface area contributed by atoms with E-state index in [1.165, 1.54) is 19.5 Å². The molecule has 1 aliphatic heterocycles. The van der Waals surface area contributed by atoms with Crippen LogP contribution in [-0.4, -0.2) is 13.1 Å². The molecule has 0 radical (unpaired) electrons. The molecule has 2 atom stereocenters. The summed E-state index contributed by atoms with van der Waals surface area (Å²) in [4.78, 5) is 0. The van der Waals surface area contributed by atoms with E-state index in [-0.39, 0.29) is 0 Å². The number of hydrogen-bond acceptors (Lipinski definition) is 1. The van der Waals surface area contributed by atoms with E-state index in [9.17, 15) is 0 Å². The van der Waals surface area contributed by atoms with Gasteiger partial charge in [0.25, 0.3) is 0 Å². The van der Waals surface area contributed by atoms with Gasteiger partial charge in [-0.2, -0.15) is 0 Å². The Labute approximate surface area is 65.2 Å². The summed E-state index contributed by atoms with van der Waals surface area (Å²) in [5.41, 5.74) is 0. The Kier molecular flexibility index (Phi) is 5.70. The van der Waals surface area contributed by atoms with Crippen LogP contribution in [0.3, 0.4) is 0 Å². The standard InChI is InChI=1S/C7H15N.C2H6/c1-3-7-5-8-4-6(7)2;1-2/h6-8H,3-5H2,1-2H3;1-2H3. The average molecular weight is 143 g/mol. The van der Waals surface area contributed by atoms with Crippen LogP contribution in [0, 0.1) is 11.8 Å². The molecule has 1 heterocycles. The number of nitrogens with one attached hydrogen (secondary N) is 1. The Morgan fingerprint density at radius 3 is 2.10 bits per heavy atom. The molecule has 0 aromatic rings. The number of rotatable bonds is 1. The van der Waals surface area contributed by atoms with Crippen LogP contribution >= 0.6 is 0 Å². The second kappa shape index (κ2) is 5.72. The van der Waals surface area contributed by atoms with Gasteiger partial charge in [0.1, 0.15) is 0 Å². The van der Waals surface area contributed by atoms with Crippen molar-refractivity contribution in [2.45, 2.75) is 34.1 Å². The Morgan fingerprint density at radius 2 is 1.90 bits per heavy atom. The lowest BCUT2D eigenvalue weighted by Crippen LogP contribution is -2.07. The van der Waals surface area contributed by atoms with E-state index in [2.05, 4.69) is 19.2 Å². The molecule has 0 saturated carbocycles. The second-order valence-corrected chi connectivity index (χ2v) is 2.80. The molecule has 0 bridgehead atoms.